The molecule has 2 N–H and O–H groups in total. The molecule has 9 heavy (non-hydrogen) atoms. The molecule has 52 valence electrons. The van der Waals surface area contributed by atoms with Crippen LogP contribution < -0.4 is 10.8 Å². The quantitative estimate of drug-likeness (QED) is 0.323. The summed E-state index contributed by atoms with van der Waals surface area (Å²) < 4.78 is 0. The third-order valence-corrected chi connectivity index (χ3v) is 0.700. The van der Waals surface area contributed by atoms with Gasteiger partial charge >= 0.3 is 0 Å². The number of rotatable bonds is 3. The van der Waals surface area contributed by atoms with Crippen LogP contribution in [0.3, 0.4) is 0 Å². The number of nitrogens with one attached hydrogen (secondary N) is 2. The number of hydroxylamine groups is 1. The van der Waals surface area contributed by atoms with Gasteiger partial charge < -0.3 is 5.32 Å². The van der Waals surface area contributed by atoms with Crippen LogP contribution in [0.4, 0.5) is 0 Å². The average molecular weight is 148 g/mol. The highest BCUT2D eigenvalue weighted by molar-refractivity contribution is 7.80. The van der Waals surface area contributed by atoms with Gasteiger partial charge in [0.15, 0.2) is 5.11 Å². The van der Waals surface area contributed by atoms with Gasteiger partial charge in [0.25, 0.3) is 0 Å². The Bertz CT molecular complexity index is 107. The van der Waals surface area contributed by atoms with Crippen LogP contribution in [0.5, 0.6) is 0 Å². The fourth-order valence-electron chi connectivity index (χ4n) is 0.221. The number of carbonyl (C=O) groups excluding carboxylic acids is 1. The second-order valence-electron chi connectivity index (χ2n) is 1.13. The number of hydrogen-bond acceptors (Lipinski definition) is 3. The fourth-order valence-corrected chi connectivity index (χ4v) is 0.328. The highest BCUT2D eigenvalue weighted by atomic mass is 32.1. The number of thiocarbonyl (C=S) groups is 1. The molecule has 0 heterocycles. The van der Waals surface area contributed by atoms with Crippen molar-refractivity contribution in [1.29, 1.82) is 0 Å². The highest BCUT2D eigenvalue weighted by Crippen LogP contribution is 1.65. The maximum Gasteiger partial charge on any atom is 0.213 e. The van der Waals surface area contributed by atoms with E-state index in [9.17, 15) is 4.79 Å². The smallest absolute Gasteiger partial charge is 0.213 e. The largest absolute Gasteiger partial charge is 0.304 e. The summed E-state index contributed by atoms with van der Waals surface area (Å²) in [5, 5.41) is 2.37. The lowest BCUT2D eigenvalue weighted by molar-refractivity contribution is -0.108. The van der Waals surface area contributed by atoms with E-state index in [2.05, 4.69) is 27.9 Å². The molecule has 0 rings (SSSR count). The molecule has 5 heteroatoms. The summed E-state index contributed by atoms with van der Waals surface area (Å²) in [7, 11) is 0. The Morgan fingerprint density at radius 3 is 3.00 bits per heavy atom. The normalized spacial score (nSPS) is 8.11. The molecule has 0 aromatic rings. The number of hydrogen-bond donors (Lipinski definition) is 2. The van der Waals surface area contributed by atoms with E-state index in [0.717, 1.165) is 0 Å². The summed E-state index contributed by atoms with van der Waals surface area (Å²) in [5.74, 6) is 0. The Balaban J connectivity index is 3.16. The third kappa shape index (κ3) is 5.19. The maximum absolute atomic E-state index is 9.68. The Hall–Kier alpha value is -0.680. The summed E-state index contributed by atoms with van der Waals surface area (Å²) in [6.07, 6.45) is 0.481. The summed E-state index contributed by atoms with van der Waals surface area (Å²) in [6, 6.07) is 0. The van der Waals surface area contributed by atoms with Crippen LogP contribution >= 0.6 is 12.2 Å². The third-order valence-electron chi connectivity index (χ3n) is 0.499. The van der Waals surface area contributed by atoms with E-state index in [1.165, 1.54) is 0 Å². The van der Waals surface area contributed by atoms with Crippen LogP contribution in [-0.4, -0.2) is 18.1 Å². The van der Waals surface area contributed by atoms with Crippen molar-refractivity contribution in [3.05, 3.63) is 0 Å². The van der Waals surface area contributed by atoms with Gasteiger partial charge in [0.2, 0.25) is 6.41 Å². The molecule has 0 aromatic heterocycles. The van der Waals surface area contributed by atoms with E-state index in [1.54, 1.807) is 6.92 Å². The number of amides is 1. The van der Waals surface area contributed by atoms with E-state index in [4.69, 9.17) is 0 Å². The van der Waals surface area contributed by atoms with E-state index in [1.807, 2.05) is 0 Å². The molecule has 0 spiro atoms. The Labute approximate surface area is 58.5 Å². The Kier molecular flexibility index (Phi) is 5.04. The van der Waals surface area contributed by atoms with E-state index in [-0.39, 0.29) is 5.11 Å². The van der Waals surface area contributed by atoms with Crippen molar-refractivity contribution < 1.29 is 9.63 Å². The molecule has 0 fully saturated rings. The monoisotopic (exact) mass is 148 g/mol. The minimum Gasteiger partial charge on any atom is -0.304 e. The second-order valence-corrected chi connectivity index (χ2v) is 1.53. The topological polar surface area (TPSA) is 50.4 Å². The van der Waals surface area contributed by atoms with Crippen LogP contribution in [0.25, 0.3) is 0 Å². The zero-order valence-electron chi connectivity index (χ0n) is 5.01. The van der Waals surface area contributed by atoms with Gasteiger partial charge in [-0.3, -0.25) is 9.63 Å². The van der Waals surface area contributed by atoms with Crippen molar-refractivity contribution in [3.63, 3.8) is 0 Å². The molecule has 0 aliphatic rings. The van der Waals surface area contributed by atoms with Crippen molar-refractivity contribution in [1.82, 2.24) is 10.8 Å². The fraction of sp³-hybridized carbons (Fsp3) is 0.500. The van der Waals surface area contributed by atoms with Gasteiger partial charge in [0, 0.05) is 0 Å². The molecular formula is C4H8N2O2S. The van der Waals surface area contributed by atoms with Crippen molar-refractivity contribution >= 4 is 23.7 Å². The van der Waals surface area contributed by atoms with Crippen molar-refractivity contribution in [2.45, 2.75) is 6.92 Å². The lowest BCUT2D eigenvalue weighted by Crippen LogP contribution is -2.34. The van der Waals surface area contributed by atoms with Gasteiger partial charge in [-0.15, -0.1) is 0 Å². The van der Waals surface area contributed by atoms with Crippen LogP contribution in [0, 0.1) is 0 Å². The van der Waals surface area contributed by atoms with Crippen LogP contribution in [0.1, 0.15) is 6.92 Å². The Morgan fingerprint density at radius 1 is 1.89 bits per heavy atom. The van der Waals surface area contributed by atoms with Crippen molar-refractivity contribution in [2.75, 3.05) is 6.61 Å². The lowest BCUT2D eigenvalue weighted by atomic mass is 10.9. The van der Waals surface area contributed by atoms with Gasteiger partial charge in [-0.1, -0.05) is 0 Å². The van der Waals surface area contributed by atoms with Crippen LogP contribution in [-0.2, 0) is 9.63 Å². The summed E-state index contributed by atoms with van der Waals surface area (Å²) in [5.41, 5.74) is 2.32. The summed E-state index contributed by atoms with van der Waals surface area (Å²) in [4.78, 5) is 14.3. The average Bonchev–Trinajstić information content (AvgIpc) is 1.85. The SMILES string of the molecule is CCONC(=S)NC=O. The summed E-state index contributed by atoms with van der Waals surface area (Å²) >= 11 is 4.54. The highest BCUT2D eigenvalue weighted by Gasteiger charge is 1.87. The maximum atomic E-state index is 9.68. The van der Waals surface area contributed by atoms with Crippen molar-refractivity contribution in [3.8, 4) is 0 Å². The van der Waals surface area contributed by atoms with Gasteiger partial charge in [0.05, 0.1) is 6.61 Å². The zero-order valence-corrected chi connectivity index (χ0v) is 5.83. The molecule has 0 saturated carbocycles. The first-order chi connectivity index (χ1) is 4.31. The van der Waals surface area contributed by atoms with E-state index >= 15 is 0 Å². The standard InChI is InChI=1S/C4H8N2O2S/c1-2-8-6-4(9)5-3-7/h3H,2H2,1H3,(H2,5,6,7,9). The first-order valence-electron chi connectivity index (χ1n) is 2.43. The van der Waals surface area contributed by atoms with E-state index < -0.39 is 0 Å². The predicted octanol–water partition coefficient (Wildman–Crippen LogP) is -0.442. The molecule has 4 nitrogen and oxygen atoms in total. The minimum absolute atomic E-state index is 0.173. The van der Waals surface area contributed by atoms with Gasteiger partial charge in [-0.25, -0.2) is 5.48 Å². The lowest BCUT2D eigenvalue weighted by Gasteiger charge is -2.02. The van der Waals surface area contributed by atoms with Crippen molar-refractivity contribution in [2.24, 2.45) is 0 Å². The Morgan fingerprint density at radius 2 is 2.56 bits per heavy atom. The van der Waals surface area contributed by atoms with Crippen LogP contribution in [0.15, 0.2) is 0 Å². The molecule has 0 bridgehead atoms. The molecule has 0 aliphatic carbocycles. The molecule has 0 unspecified atom stereocenters. The molecular weight excluding hydrogens is 140 g/mol. The van der Waals surface area contributed by atoms with Gasteiger partial charge in [-0.05, 0) is 19.1 Å². The molecule has 0 atom stereocenters. The molecule has 0 radical (unpaired) electrons. The van der Waals surface area contributed by atoms with Gasteiger partial charge in [0.1, 0.15) is 0 Å². The first-order valence-corrected chi connectivity index (χ1v) is 2.84. The molecule has 0 saturated heterocycles. The summed E-state index contributed by atoms with van der Waals surface area (Å²) in [6.45, 7) is 2.30. The molecule has 0 aliphatic heterocycles. The molecule has 1 amide bonds. The van der Waals surface area contributed by atoms with E-state index in [0.29, 0.717) is 13.0 Å². The van der Waals surface area contributed by atoms with Gasteiger partial charge in [-0.2, -0.15) is 0 Å². The zero-order chi connectivity index (χ0) is 7.11. The second kappa shape index (κ2) is 5.46. The molecule has 0 aromatic carbocycles. The first kappa shape index (κ1) is 8.32. The number of carbonyl (C=O) groups is 1. The van der Waals surface area contributed by atoms with Crippen LogP contribution in [0.2, 0.25) is 0 Å². The minimum atomic E-state index is 0.173. The predicted molar refractivity (Wildman–Crippen MR) is 36.6 cm³/mol.